The van der Waals surface area contributed by atoms with E-state index in [1.54, 1.807) is 7.11 Å². The van der Waals surface area contributed by atoms with E-state index in [4.69, 9.17) is 0 Å². The Labute approximate surface area is 42.9 Å². The second-order valence-electron chi connectivity index (χ2n) is 0.729. The van der Waals surface area contributed by atoms with E-state index in [2.05, 4.69) is 22.1 Å². The molecule has 0 rings (SSSR count). The van der Waals surface area contributed by atoms with Crippen LogP contribution in [0.15, 0.2) is 0 Å². The van der Waals surface area contributed by atoms with Gasteiger partial charge >= 0.3 is 0 Å². The molecule has 0 aliphatic heterocycles. The Bertz CT molecular complexity index is 20.8. The molecule has 3 heteroatoms. The van der Waals surface area contributed by atoms with Crippen LogP contribution in [0.1, 0.15) is 0 Å². The van der Waals surface area contributed by atoms with Gasteiger partial charge in [-0.25, -0.2) is 0 Å². The molecule has 0 unspecified atom stereocenters. The molecule has 0 heterocycles. The van der Waals surface area contributed by atoms with Crippen molar-refractivity contribution in [2.75, 3.05) is 19.8 Å². The molecule has 0 saturated heterocycles. The SMILES string of the molecule is COCOC[S]. The molecule has 0 N–H and O–H groups in total. The molecule has 0 aliphatic rings. The van der Waals surface area contributed by atoms with Gasteiger partial charge in [-0.15, -0.1) is 0 Å². The highest BCUT2D eigenvalue weighted by molar-refractivity contribution is 7.80. The van der Waals surface area contributed by atoms with Gasteiger partial charge in [0.25, 0.3) is 0 Å². The quantitative estimate of drug-likeness (QED) is 0.391. The standard InChI is InChI=1S/C3H7O2S/c1-4-2-5-3-6/h2-3H2,1H3. The molecule has 0 aromatic rings. The Morgan fingerprint density at radius 3 is 2.50 bits per heavy atom. The van der Waals surface area contributed by atoms with Crippen LogP contribution < -0.4 is 0 Å². The summed E-state index contributed by atoms with van der Waals surface area (Å²) in [6.07, 6.45) is 0. The first kappa shape index (κ1) is 6.27. The summed E-state index contributed by atoms with van der Waals surface area (Å²) in [7, 11) is 1.56. The zero-order valence-corrected chi connectivity index (χ0v) is 4.46. The molecule has 0 fully saturated rings. The van der Waals surface area contributed by atoms with E-state index in [9.17, 15) is 0 Å². The topological polar surface area (TPSA) is 18.5 Å². The molecule has 0 atom stereocenters. The minimum atomic E-state index is 0.309. The fourth-order valence-corrected chi connectivity index (χ4v) is 0.185. The Hall–Kier alpha value is 0.270. The van der Waals surface area contributed by atoms with Crippen molar-refractivity contribution >= 4 is 12.6 Å². The molecular formula is C3H7O2S. The molecule has 0 amide bonds. The van der Waals surface area contributed by atoms with Gasteiger partial charge in [0.1, 0.15) is 12.7 Å². The molecule has 0 saturated carbocycles. The fraction of sp³-hybridized carbons (Fsp3) is 1.00. The minimum absolute atomic E-state index is 0.309. The lowest BCUT2D eigenvalue weighted by Gasteiger charge is -1.92. The van der Waals surface area contributed by atoms with Crippen LogP contribution in [0.2, 0.25) is 0 Å². The molecule has 0 bridgehead atoms. The van der Waals surface area contributed by atoms with E-state index in [0.717, 1.165) is 0 Å². The van der Waals surface area contributed by atoms with Gasteiger partial charge in [0.15, 0.2) is 0 Å². The summed E-state index contributed by atoms with van der Waals surface area (Å²) in [6, 6.07) is 0. The largest absolute Gasteiger partial charge is 0.359 e. The predicted octanol–water partition coefficient (Wildman–Crippen LogP) is 0.762. The zero-order valence-electron chi connectivity index (χ0n) is 3.64. The fourth-order valence-electron chi connectivity index (χ4n) is 0.117. The van der Waals surface area contributed by atoms with Crippen LogP contribution in [0.4, 0.5) is 0 Å². The molecule has 0 aromatic heterocycles. The third-order valence-corrected chi connectivity index (χ3v) is 0.451. The molecule has 0 aliphatic carbocycles. The zero-order chi connectivity index (χ0) is 4.83. The first-order chi connectivity index (χ1) is 2.91. The molecular weight excluding hydrogens is 100 g/mol. The lowest BCUT2D eigenvalue weighted by molar-refractivity contribution is -0.00926. The van der Waals surface area contributed by atoms with Gasteiger partial charge in [-0.2, -0.15) is 0 Å². The van der Waals surface area contributed by atoms with Gasteiger partial charge in [0.05, 0.1) is 0 Å². The molecule has 0 aromatic carbocycles. The van der Waals surface area contributed by atoms with Gasteiger partial charge in [-0.05, 0) is 0 Å². The van der Waals surface area contributed by atoms with Crippen molar-refractivity contribution in [3.8, 4) is 0 Å². The first-order valence-corrected chi connectivity index (χ1v) is 2.14. The molecule has 0 spiro atoms. The summed E-state index contributed by atoms with van der Waals surface area (Å²) in [5.41, 5.74) is 0. The highest BCUT2D eigenvalue weighted by Crippen LogP contribution is 1.75. The maximum Gasteiger partial charge on any atom is 0.147 e. The van der Waals surface area contributed by atoms with Crippen molar-refractivity contribution in [2.24, 2.45) is 0 Å². The van der Waals surface area contributed by atoms with E-state index >= 15 is 0 Å². The van der Waals surface area contributed by atoms with E-state index in [-0.39, 0.29) is 0 Å². The maximum atomic E-state index is 4.58. The first-order valence-electron chi connectivity index (χ1n) is 1.56. The Morgan fingerprint density at radius 2 is 2.33 bits per heavy atom. The summed E-state index contributed by atoms with van der Waals surface area (Å²) >= 11 is 4.42. The van der Waals surface area contributed by atoms with Crippen LogP contribution >= 0.6 is 12.6 Å². The Morgan fingerprint density at radius 1 is 1.67 bits per heavy atom. The lowest BCUT2D eigenvalue weighted by atomic mass is 11.4. The Balaban J connectivity index is 2.34. The van der Waals surface area contributed by atoms with Crippen LogP contribution in [-0.4, -0.2) is 19.8 Å². The lowest BCUT2D eigenvalue weighted by Crippen LogP contribution is -1.91. The van der Waals surface area contributed by atoms with Gasteiger partial charge in [0, 0.05) is 7.11 Å². The average Bonchev–Trinajstić information content (AvgIpc) is 1.61. The minimum Gasteiger partial charge on any atom is -0.359 e. The summed E-state index contributed by atoms with van der Waals surface area (Å²) < 4.78 is 9.07. The third-order valence-electron chi connectivity index (χ3n) is 0.285. The summed E-state index contributed by atoms with van der Waals surface area (Å²) in [4.78, 5) is 0. The number of methoxy groups -OCH3 is 1. The van der Waals surface area contributed by atoms with E-state index < -0.39 is 0 Å². The van der Waals surface area contributed by atoms with E-state index in [1.165, 1.54) is 0 Å². The van der Waals surface area contributed by atoms with Crippen molar-refractivity contribution in [3.63, 3.8) is 0 Å². The van der Waals surface area contributed by atoms with Crippen LogP contribution in [-0.2, 0) is 9.47 Å². The predicted molar refractivity (Wildman–Crippen MR) is 25.4 cm³/mol. The molecule has 1 radical (unpaired) electrons. The molecule has 6 heavy (non-hydrogen) atoms. The number of hydrogen-bond donors (Lipinski definition) is 0. The van der Waals surface area contributed by atoms with Crippen molar-refractivity contribution in [2.45, 2.75) is 0 Å². The highest BCUT2D eigenvalue weighted by Gasteiger charge is 1.72. The van der Waals surface area contributed by atoms with Crippen LogP contribution in [0.3, 0.4) is 0 Å². The average molecular weight is 107 g/mol. The maximum absolute atomic E-state index is 4.58. The second kappa shape index (κ2) is 5.27. The molecule has 37 valence electrons. The number of ether oxygens (including phenoxy) is 2. The van der Waals surface area contributed by atoms with Crippen LogP contribution in [0.25, 0.3) is 0 Å². The second-order valence-corrected chi connectivity index (χ2v) is 0.964. The van der Waals surface area contributed by atoms with Crippen molar-refractivity contribution in [1.29, 1.82) is 0 Å². The summed E-state index contributed by atoms with van der Waals surface area (Å²) in [6.45, 7) is 0.309. The number of rotatable bonds is 3. The monoisotopic (exact) mass is 107 g/mol. The van der Waals surface area contributed by atoms with Crippen molar-refractivity contribution in [3.05, 3.63) is 0 Å². The van der Waals surface area contributed by atoms with E-state index in [0.29, 0.717) is 12.7 Å². The molecule has 2 nitrogen and oxygen atoms in total. The van der Waals surface area contributed by atoms with Crippen LogP contribution in [0.5, 0.6) is 0 Å². The van der Waals surface area contributed by atoms with E-state index in [1.807, 2.05) is 0 Å². The Kier molecular flexibility index (Phi) is 5.51. The summed E-state index contributed by atoms with van der Waals surface area (Å²) in [5.74, 6) is 0.313. The smallest absolute Gasteiger partial charge is 0.147 e. The van der Waals surface area contributed by atoms with Crippen LogP contribution in [0, 0.1) is 0 Å². The van der Waals surface area contributed by atoms with Gasteiger partial charge < -0.3 is 9.47 Å². The van der Waals surface area contributed by atoms with Gasteiger partial charge in [-0.1, -0.05) is 12.6 Å². The van der Waals surface area contributed by atoms with Crippen molar-refractivity contribution < 1.29 is 9.47 Å². The number of hydrogen-bond acceptors (Lipinski definition) is 2. The highest BCUT2D eigenvalue weighted by atomic mass is 32.1. The van der Waals surface area contributed by atoms with Gasteiger partial charge in [-0.3, -0.25) is 0 Å². The normalized spacial score (nSPS) is 9.00. The third kappa shape index (κ3) is 4.27. The van der Waals surface area contributed by atoms with Crippen molar-refractivity contribution in [1.82, 2.24) is 0 Å². The van der Waals surface area contributed by atoms with Gasteiger partial charge in [0.2, 0.25) is 0 Å². The summed E-state index contributed by atoms with van der Waals surface area (Å²) in [5, 5.41) is 0.